The quantitative estimate of drug-likeness (QED) is 0.873. The molecule has 0 radical (unpaired) electrons. The predicted molar refractivity (Wildman–Crippen MR) is 93.6 cm³/mol. The number of aromatic nitrogens is 2. The molecule has 1 aliphatic carbocycles. The van der Waals surface area contributed by atoms with E-state index in [1.54, 1.807) is 16.9 Å². The number of nitrogens with zero attached hydrogens (tertiary/aromatic N) is 3. The molecule has 134 valence electrons. The third-order valence-corrected chi connectivity index (χ3v) is 4.68. The Morgan fingerprint density at radius 3 is 2.96 bits per heavy atom. The highest BCUT2D eigenvalue weighted by Crippen LogP contribution is 2.31. The van der Waals surface area contributed by atoms with Crippen LogP contribution in [0, 0.1) is 5.82 Å². The van der Waals surface area contributed by atoms with Crippen molar-refractivity contribution in [1.82, 2.24) is 25.3 Å². The summed E-state index contributed by atoms with van der Waals surface area (Å²) in [7, 11) is 5.80. The number of carbonyl (C=O) groups is 1. The second-order valence-electron chi connectivity index (χ2n) is 6.72. The van der Waals surface area contributed by atoms with Crippen molar-refractivity contribution in [1.29, 1.82) is 0 Å². The summed E-state index contributed by atoms with van der Waals surface area (Å²) in [5.74, 6) is -0.267. The molecule has 2 atom stereocenters. The summed E-state index contributed by atoms with van der Waals surface area (Å²) in [4.78, 5) is 14.3. The van der Waals surface area contributed by atoms with Crippen LogP contribution in [-0.2, 0) is 13.5 Å². The first-order valence-corrected chi connectivity index (χ1v) is 8.41. The molecule has 3 rings (SSSR count). The van der Waals surface area contributed by atoms with Gasteiger partial charge in [-0.15, -0.1) is 0 Å². The van der Waals surface area contributed by atoms with Gasteiger partial charge in [-0.05, 0) is 50.2 Å². The Labute approximate surface area is 147 Å². The van der Waals surface area contributed by atoms with Crippen LogP contribution in [0.15, 0.2) is 30.6 Å². The molecule has 1 aromatic carbocycles. The number of amides is 2. The van der Waals surface area contributed by atoms with Crippen molar-refractivity contribution < 1.29 is 9.18 Å². The molecule has 0 spiro atoms. The number of urea groups is 1. The van der Waals surface area contributed by atoms with Gasteiger partial charge in [0.2, 0.25) is 0 Å². The highest BCUT2D eigenvalue weighted by molar-refractivity contribution is 5.74. The van der Waals surface area contributed by atoms with Crippen molar-refractivity contribution in [3.63, 3.8) is 0 Å². The van der Waals surface area contributed by atoms with E-state index >= 15 is 0 Å². The minimum absolute atomic E-state index is 0.0350. The van der Waals surface area contributed by atoms with E-state index in [0.717, 1.165) is 29.5 Å². The highest BCUT2D eigenvalue weighted by Gasteiger charge is 2.25. The lowest BCUT2D eigenvalue weighted by Gasteiger charge is -2.24. The molecule has 1 aromatic heterocycles. The van der Waals surface area contributed by atoms with E-state index in [9.17, 15) is 9.18 Å². The summed E-state index contributed by atoms with van der Waals surface area (Å²) in [6.45, 7) is 0.466. The number of likely N-dealkylation sites (N-methyl/N-ethyl adjacent to an activating group) is 1. The number of hydrogen-bond acceptors (Lipinski definition) is 3. The number of fused-ring (bicyclic) bond motifs is 1. The number of nitrogens with one attached hydrogen (secondary N) is 2. The number of benzene rings is 1. The first-order valence-electron chi connectivity index (χ1n) is 8.41. The molecule has 0 fully saturated rings. The zero-order valence-corrected chi connectivity index (χ0v) is 14.8. The van der Waals surface area contributed by atoms with E-state index < -0.39 is 0 Å². The van der Waals surface area contributed by atoms with E-state index in [1.807, 2.05) is 32.2 Å². The Kier molecular flexibility index (Phi) is 5.03. The molecule has 1 aliphatic rings. The molecule has 0 saturated carbocycles. The third-order valence-electron chi connectivity index (χ3n) is 4.68. The average molecular weight is 345 g/mol. The summed E-state index contributed by atoms with van der Waals surface area (Å²) in [5.41, 5.74) is 3.03. The standard InChI is InChI=1S/C18H24FN5O/c1-23(2)17(13-9-21-24(3)11-13)10-20-18(25)22-16-7-5-12-4-6-14(19)8-15(12)16/h4,6,8-9,11,16-17H,5,7,10H2,1-3H3,(H2,20,22,25). The van der Waals surface area contributed by atoms with E-state index in [2.05, 4.69) is 15.7 Å². The zero-order valence-electron chi connectivity index (χ0n) is 14.8. The van der Waals surface area contributed by atoms with E-state index in [-0.39, 0.29) is 23.9 Å². The normalized spacial score (nSPS) is 17.4. The Morgan fingerprint density at radius 2 is 2.28 bits per heavy atom. The van der Waals surface area contributed by atoms with Crippen molar-refractivity contribution in [2.75, 3.05) is 20.6 Å². The Balaban J connectivity index is 1.59. The molecular formula is C18H24FN5O. The summed E-state index contributed by atoms with van der Waals surface area (Å²) in [6.07, 6.45) is 5.41. The lowest BCUT2D eigenvalue weighted by Crippen LogP contribution is -2.41. The first-order chi connectivity index (χ1) is 11.9. The predicted octanol–water partition coefficient (Wildman–Crippen LogP) is 2.15. The van der Waals surface area contributed by atoms with Crippen molar-refractivity contribution in [3.8, 4) is 0 Å². The first kappa shape index (κ1) is 17.4. The Bertz CT molecular complexity index is 758. The third kappa shape index (κ3) is 3.99. The monoisotopic (exact) mass is 345 g/mol. The second kappa shape index (κ2) is 7.23. The largest absolute Gasteiger partial charge is 0.336 e. The fourth-order valence-corrected chi connectivity index (χ4v) is 3.33. The van der Waals surface area contributed by atoms with Crippen LogP contribution in [0.25, 0.3) is 0 Å². The SMILES string of the molecule is CN(C)C(CNC(=O)NC1CCc2ccc(F)cc21)c1cnn(C)c1. The van der Waals surface area contributed by atoms with Gasteiger partial charge in [0.05, 0.1) is 18.3 Å². The molecule has 1 heterocycles. The van der Waals surface area contributed by atoms with E-state index in [4.69, 9.17) is 0 Å². The molecule has 25 heavy (non-hydrogen) atoms. The summed E-state index contributed by atoms with van der Waals surface area (Å²) in [6, 6.07) is 4.45. The van der Waals surface area contributed by atoms with Crippen LogP contribution in [0.1, 0.15) is 35.2 Å². The number of carbonyl (C=O) groups excluding carboxylic acids is 1. The lowest BCUT2D eigenvalue weighted by atomic mass is 10.1. The number of hydrogen-bond donors (Lipinski definition) is 2. The van der Waals surface area contributed by atoms with Crippen molar-refractivity contribution in [2.24, 2.45) is 7.05 Å². The van der Waals surface area contributed by atoms with Crippen molar-refractivity contribution >= 4 is 6.03 Å². The van der Waals surface area contributed by atoms with Crippen LogP contribution >= 0.6 is 0 Å². The van der Waals surface area contributed by atoms with Crippen LogP contribution < -0.4 is 10.6 Å². The molecule has 0 aliphatic heterocycles. The summed E-state index contributed by atoms with van der Waals surface area (Å²) < 4.78 is 15.2. The van der Waals surface area contributed by atoms with Crippen molar-refractivity contribution in [3.05, 3.63) is 53.1 Å². The Hall–Kier alpha value is -2.41. The number of aryl methyl sites for hydroxylation is 2. The van der Waals surface area contributed by atoms with Gasteiger partial charge in [0, 0.05) is 25.4 Å². The second-order valence-corrected chi connectivity index (χ2v) is 6.72. The van der Waals surface area contributed by atoms with Gasteiger partial charge in [0.25, 0.3) is 0 Å². The fourth-order valence-electron chi connectivity index (χ4n) is 3.33. The van der Waals surface area contributed by atoms with Gasteiger partial charge >= 0.3 is 6.03 Å². The topological polar surface area (TPSA) is 62.2 Å². The molecule has 2 N–H and O–H groups in total. The molecule has 0 saturated heterocycles. The van der Waals surface area contributed by atoms with Crippen LogP contribution in [0.4, 0.5) is 9.18 Å². The summed E-state index contributed by atoms with van der Waals surface area (Å²) >= 11 is 0. The molecule has 6 nitrogen and oxygen atoms in total. The van der Waals surface area contributed by atoms with Crippen LogP contribution in [0.3, 0.4) is 0 Å². The maximum Gasteiger partial charge on any atom is 0.315 e. The summed E-state index contributed by atoms with van der Waals surface area (Å²) in [5, 5.41) is 10.1. The van der Waals surface area contributed by atoms with Crippen LogP contribution in [0.2, 0.25) is 0 Å². The van der Waals surface area contributed by atoms with E-state index in [0.29, 0.717) is 6.54 Å². The highest BCUT2D eigenvalue weighted by atomic mass is 19.1. The van der Waals surface area contributed by atoms with Gasteiger partial charge in [-0.3, -0.25) is 4.68 Å². The smallest absolute Gasteiger partial charge is 0.315 e. The van der Waals surface area contributed by atoms with Gasteiger partial charge in [0.1, 0.15) is 5.82 Å². The van der Waals surface area contributed by atoms with Gasteiger partial charge in [-0.1, -0.05) is 6.07 Å². The minimum atomic E-state index is -0.267. The van der Waals surface area contributed by atoms with Gasteiger partial charge in [0.15, 0.2) is 0 Å². The molecule has 2 aromatic rings. The van der Waals surface area contributed by atoms with E-state index in [1.165, 1.54) is 12.1 Å². The fraction of sp³-hybridized carbons (Fsp3) is 0.444. The number of rotatable bonds is 5. The average Bonchev–Trinajstić information content (AvgIpc) is 3.14. The molecule has 2 amide bonds. The zero-order chi connectivity index (χ0) is 18.0. The Morgan fingerprint density at radius 1 is 1.48 bits per heavy atom. The number of halogens is 1. The van der Waals surface area contributed by atoms with Crippen molar-refractivity contribution in [2.45, 2.75) is 24.9 Å². The van der Waals surface area contributed by atoms with Gasteiger partial charge < -0.3 is 15.5 Å². The van der Waals surface area contributed by atoms with Gasteiger partial charge in [-0.25, -0.2) is 9.18 Å². The molecule has 0 bridgehead atoms. The molecule has 2 unspecified atom stereocenters. The van der Waals surface area contributed by atoms with Crippen LogP contribution in [-0.4, -0.2) is 41.4 Å². The van der Waals surface area contributed by atoms with Gasteiger partial charge in [-0.2, -0.15) is 5.10 Å². The maximum absolute atomic E-state index is 13.5. The minimum Gasteiger partial charge on any atom is -0.336 e. The molecular weight excluding hydrogens is 321 g/mol. The van der Waals surface area contributed by atoms with Crippen LogP contribution in [0.5, 0.6) is 0 Å². The maximum atomic E-state index is 13.5. The molecule has 7 heteroatoms. The lowest BCUT2D eigenvalue weighted by molar-refractivity contribution is 0.229.